The third kappa shape index (κ3) is 2.64. The number of hydrogen-bond acceptors (Lipinski definition) is 6. The van der Waals surface area contributed by atoms with Crippen LogP contribution in [0.2, 0.25) is 0 Å². The molecule has 0 saturated carbocycles. The van der Waals surface area contributed by atoms with Gasteiger partial charge >= 0.3 is 11.0 Å². The van der Waals surface area contributed by atoms with Gasteiger partial charge in [0, 0.05) is 0 Å². The minimum Gasteiger partial charge on any atom is -0.468 e. The molecule has 1 aromatic heterocycles. The maximum atomic E-state index is 11.1. The zero-order chi connectivity index (χ0) is 11.6. The summed E-state index contributed by atoms with van der Waals surface area (Å²) in [7, 11) is 1.14. The van der Waals surface area contributed by atoms with E-state index in [0.717, 1.165) is 18.4 Å². The van der Waals surface area contributed by atoms with Crippen molar-refractivity contribution < 1.29 is 14.5 Å². The van der Waals surface area contributed by atoms with Gasteiger partial charge in [-0.1, -0.05) is 0 Å². The van der Waals surface area contributed by atoms with Crippen LogP contribution in [0, 0.1) is 10.1 Å². The van der Waals surface area contributed by atoms with Gasteiger partial charge in [-0.2, -0.15) is 0 Å². The molecule has 1 rings (SSSR count). The van der Waals surface area contributed by atoms with E-state index in [1.165, 1.54) is 0 Å². The molecular weight excluding hydrogens is 312 g/mol. The normalized spacial score (nSPS) is 12.2. The van der Waals surface area contributed by atoms with Crippen LogP contribution in [0.3, 0.4) is 0 Å². The van der Waals surface area contributed by atoms with Gasteiger partial charge in [-0.05, 0) is 27.3 Å². The van der Waals surface area contributed by atoms with Gasteiger partial charge in [-0.25, -0.2) is 4.98 Å². The van der Waals surface area contributed by atoms with E-state index in [2.05, 4.69) is 25.7 Å². The molecule has 0 amide bonds. The van der Waals surface area contributed by atoms with E-state index in [-0.39, 0.29) is 10.7 Å². The second-order valence-corrected chi connectivity index (χ2v) is 4.99. The smallest absolute Gasteiger partial charge is 0.350 e. The average molecular weight is 316 g/mol. The molecule has 6 nitrogen and oxygen atoms in total. The number of halogens is 2. The standard InChI is InChI=1S/C6H4BrClN2O4S/c1-14-5(11)2(8)3-4(10(12)13)15-6(7)9-3/h2H,1H3. The minimum absolute atomic E-state index is 0.106. The van der Waals surface area contributed by atoms with Gasteiger partial charge in [-0.15, -0.1) is 11.6 Å². The SMILES string of the molecule is COC(=O)C(Cl)c1nc(Br)sc1[N+](=O)[O-]. The first-order valence-electron chi connectivity index (χ1n) is 3.50. The fourth-order valence-electron chi connectivity index (χ4n) is 0.808. The highest BCUT2D eigenvalue weighted by Gasteiger charge is 2.31. The molecule has 82 valence electrons. The second kappa shape index (κ2) is 4.86. The summed E-state index contributed by atoms with van der Waals surface area (Å²) in [5.41, 5.74) is -0.106. The first-order chi connectivity index (χ1) is 6.97. The third-order valence-corrected chi connectivity index (χ3v) is 3.28. The van der Waals surface area contributed by atoms with Crippen molar-refractivity contribution in [3.05, 3.63) is 19.7 Å². The number of ether oxygens (including phenoxy) is 1. The lowest BCUT2D eigenvalue weighted by Gasteiger charge is -2.02. The average Bonchev–Trinajstić information content (AvgIpc) is 2.58. The van der Waals surface area contributed by atoms with Crippen LogP contribution in [0.4, 0.5) is 5.00 Å². The molecule has 0 radical (unpaired) electrons. The lowest BCUT2D eigenvalue weighted by Crippen LogP contribution is -2.10. The molecule has 15 heavy (non-hydrogen) atoms. The van der Waals surface area contributed by atoms with Crippen molar-refractivity contribution in [2.75, 3.05) is 7.11 Å². The lowest BCUT2D eigenvalue weighted by atomic mass is 10.3. The molecular formula is C6H4BrClN2O4S. The highest BCUT2D eigenvalue weighted by molar-refractivity contribution is 9.11. The van der Waals surface area contributed by atoms with Crippen molar-refractivity contribution in [2.24, 2.45) is 0 Å². The number of carbonyl (C=O) groups is 1. The molecule has 0 spiro atoms. The Bertz CT molecular complexity index is 410. The molecule has 0 N–H and O–H groups in total. The molecule has 0 fully saturated rings. The minimum atomic E-state index is -1.27. The van der Waals surface area contributed by atoms with Crippen molar-refractivity contribution in [3.63, 3.8) is 0 Å². The maximum Gasteiger partial charge on any atom is 0.350 e. The summed E-state index contributed by atoms with van der Waals surface area (Å²) in [6, 6.07) is 0. The number of nitrogens with zero attached hydrogens (tertiary/aromatic N) is 2. The van der Waals surface area contributed by atoms with E-state index in [9.17, 15) is 14.9 Å². The Kier molecular flexibility index (Phi) is 4.00. The quantitative estimate of drug-likeness (QED) is 0.370. The Labute approximate surface area is 101 Å². The number of hydrogen-bond donors (Lipinski definition) is 0. The number of alkyl halides is 1. The van der Waals surface area contributed by atoms with Crippen LogP contribution in [0.5, 0.6) is 0 Å². The first kappa shape index (κ1) is 12.3. The van der Waals surface area contributed by atoms with Gasteiger partial charge in [0.25, 0.3) is 0 Å². The molecule has 0 aliphatic carbocycles. The zero-order valence-corrected chi connectivity index (χ0v) is 10.4. The van der Waals surface area contributed by atoms with E-state index in [0.29, 0.717) is 3.92 Å². The van der Waals surface area contributed by atoms with Gasteiger partial charge in [0.05, 0.1) is 12.0 Å². The Balaban J connectivity index is 3.12. The summed E-state index contributed by atoms with van der Waals surface area (Å²) in [5, 5.41) is 9.06. The summed E-state index contributed by atoms with van der Waals surface area (Å²) in [4.78, 5) is 24.8. The predicted molar refractivity (Wildman–Crippen MR) is 57.1 cm³/mol. The zero-order valence-electron chi connectivity index (χ0n) is 7.27. The number of esters is 1. The molecule has 0 saturated heterocycles. The molecule has 0 aliphatic rings. The number of aromatic nitrogens is 1. The summed E-state index contributed by atoms with van der Waals surface area (Å²) in [6.07, 6.45) is 0. The summed E-state index contributed by atoms with van der Waals surface area (Å²) >= 11 is 9.44. The van der Waals surface area contributed by atoms with E-state index in [4.69, 9.17) is 11.6 Å². The molecule has 0 aromatic carbocycles. The molecule has 9 heteroatoms. The Morgan fingerprint density at radius 1 is 1.80 bits per heavy atom. The molecule has 1 heterocycles. The number of thiazole rings is 1. The fourth-order valence-corrected chi connectivity index (χ4v) is 2.41. The molecule has 1 aromatic rings. The van der Waals surface area contributed by atoms with Crippen LogP contribution >= 0.6 is 38.9 Å². The van der Waals surface area contributed by atoms with Crippen LogP contribution in [0.1, 0.15) is 11.1 Å². The fraction of sp³-hybridized carbons (Fsp3) is 0.333. The van der Waals surface area contributed by atoms with Crippen molar-refractivity contribution in [2.45, 2.75) is 5.38 Å². The number of methoxy groups -OCH3 is 1. The van der Waals surface area contributed by atoms with E-state index in [1.807, 2.05) is 0 Å². The summed E-state index contributed by atoms with van der Waals surface area (Å²) < 4.78 is 4.66. The third-order valence-electron chi connectivity index (χ3n) is 1.42. The topological polar surface area (TPSA) is 82.3 Å². The van der Waals surface area contributed by atoms with E-state index >= 15 is 0 Å². The maximum absolute atomic E-state index is 11.1. The highest BCUT2D eigenvalue weighted by Crippen LogP contribution is 2.36. The molecule has 0 aliphatic heterocycles. The molecule has 0 bridgehead atoms. The Morgan fingerprint density at radius 2 is 2.40 bits per heavy atom. The Hall–Kier alpha value is -0.730. The predicted octanol–water partition coefficient (Wildman–Crippen LogP) is 2.27. The van der Waals surface area contributed by atoms with Crippen molar-refractivity contribution in [1.29, 1.82) is 0 Å². The van der Waals surface area contributed by atoms with Gasteiger partial charge in [0.15, 0.2) is 15.0 Å². The summed E-state index contributed by atoms with van der Waals surface area (Å²) in [6.45, 7) is 0. The first-order valence-corrected chi connectivity index (χ1v) is 5.54. The molecule has 1 atom stereocenters. The molecule has 1 unspecified atom stereocenters. The van der Waals surface area contributed by atoms with E-state index < -0.39 is 16.3 Å². The van der Waals surface area contributed by atoms with Crippen LogP contribution in [-0.2, 0) is 9.53 Å². The summed E-state index contributed by atoms with van der Waals surface area (Å²) in [5.74, 6) is -0.780. The van der Waals surface area contributed by atoms with Crippen molar-refractivity contribution in [3.8, 4) is 0 Å². The largest absolute Gasteiger partial charge is 0.468 e. The van der Waals surface area contributed by atoms with Gasteiger partial charge in [0.2, 0.25) is 0 Å². The van der Waals surface area contributed by atoms with Crippen LogP contribution < -0.4 is 0 Å². The van der Waals surface area contributed by atoms with Gasteiger partial charge in [-0.3, -0.25) is 14.9 Å². The van der Waals surface area contributed by atoms with Crippen molar-refractivity contribution in [1.82, 2.24) is 4.98 Å². The van der Waals surface area contributed by atoms with Gasteiger partial charge in [0.1, 0.15) is 0 Å². The van der Waals surface area contributed by atoms with Crippen LogP contribution in [0.15, 0.2) is 3.92 Å². The van der Waals surface area contributed by atoms with Crippen LogP contribution in [0.25, 0.3) is 0 Å². The highest BCUT2D eigenvalue weighted by atomic mass is 79.9. The van der Waals surface area contributed by atoms with E-state index in [1.54, 1.807) is 0 Å². The van der Waals surface area contributed by atoms with Crippen LogP contribution in [-0.4, -0.2) is 23.0 Å². The number of rotatable bonds is 3. The Morgan fingerprint density at radius 3 is 2.87 bits per heavy atom. The van der Waals surface area contributed by atoms with Gasteiger partial charge < -0.3 is 4.74 Å². The monoisotopic (exact) mass is 314 g/mol. The number of carbonyl (C=O) groups excluding carboxylic acids is 1. The van der Waals surface area contributed by atoms with Crippen molar-refractivity contribution >= 4 is 49.8 Å². The lowest BCUT2D eigenvalue weighted by molar-refractivity contribution is -0.381. The number of nitro groups is 1. The second-order valence-electron chi connectivity index (χ2n) is 2.30.